The Morgan fingerprint density at radius 1 is 1.23 bits per heavy atom. The van der Waals surface area contributed by atoms with Crippen LogP contribution in [0.15, 0.2) is 35.1 Å². The molecule has 134 valence electrons. The highest BCUT2D eigenvalue weighted by Crippen LogP contribution is 2.43. The normalized spacial score (nSPS) is 11.4. The zero-order valence-corrected chi connectivity index (χ0v) is 13.2. The van der Waals surface area contributed by atoms with Gasteiger partial charge < -0.3 is 13.9 Å². The van der Waals surface area contributed by atoms with Crippen LogP contribution in [-0.4, -0.2) is 11.6 Å². The molecule has 9 heteroatoms. The quantitative estimate of drug-likeness (QED) is 0.605. The SMILES string of the molecule is CCOc1coc2c(Oc3cc(F)cc(C#N)c3)cnc(C(F)(F)F)c12. The maximum absolute atomic E-state index is 13.5. The van der Waals surface area contributed by atoms with E-state index >= 15 is 0 Å². The summed E-state index contributed by atoms with van der Waals surface area (Å²) in [6, 6.07) is 4.96. The Kier molecular flexibility index (Phi) is 4.42. The first-order valence-electron chi connectivity index (χ1n) is 7.32. The molecule has 0 amide bonds. The molecule has 0 spiro atoms. The maximum Gasteiger partial charge on any atom is 0.434 e. The number of rotatable bonds is 4. The van der Waals surface area contributed by atoms with Crippen molar-refractivity contribution in [2.45, 2.75) is 13.1 Å². The number of aromatic nitrogens is 1. The molecule has 0 bridgehead atoms. The van der Waals surface area contributed by atoms with E-state index in [1.54, 1.807) is 13.0 Å². The van der Waals surface area contributed by atoms with Gasteiger partial charge in [-0.2, -0.15) is 18.4 Å². The van der Waals surface area contributed by atoms with Gasteiger partial charge in [0.05, 0.1) is 29.8 Å². The molecule has 26 heavy (non-hydrogen) atoms. The average Bonchev–Trinajstić information content (AvgIpc) is 2.98. The number of halogens is 4. The van der Waals surface area contributed by atoms with Crippen LogP contribution in [0.1, 0.15) is 18.2 Å². The van der Waals surface area contributed by atoms with Crippen LogP contribution in [0.2, 0.25) is 0 Å². The molecule has 3 rings (SSSR count). The largest absolute Gasteiger partial charge is 0.490 e. The lowest BCUT2D eigenvalue weighted by Crippen LogP contribution is -2.09. The van der Waals surface area contributed by atoms with Gasteiger partial charge >= 0.3 is 6.18 Å². The van der Waals surface area contributed by atoms with Crippen molar-refractivity contribution in [3.8, 4) is 23.3 Å². The van der Waals surface area contributed by atoms with Gasteiger partial charge in [-0.25, -0.2) is 9.37 Å². The molecule has 2 heterocycles. The molecular formula is C17H10F4N2O3. The van der Waals surface area contributed by atoms with Gasteiger partial charge in [-0.3, -0.25) is 0 Å². The van der Waals surface area contributed by atoms with Gasteiger partial charge in [0.25, 0.3) is 0 Å². The number of nitriles is 1. The highest BCUT2D eigenvalue weighted by Gasteiger charge is 2.38. The van der Waals surface area contributed by atoms with E-state index in [1.807, 2.05) is 0 Å². The summed E-state index contributed by atoms with van der Waals surface area (Å²) in [6.45, 7) is 1.72. The fourth-order valence-corrected chi connectivity index (χ4v) is 2.36. The lowest BCUT2D eigenvalue weighted by Gasteiger charge is -2.11. The predicted octanol–water partition coefficient (Wildman–Crippen LogP) is 5.05. The molecular weight excluding hydrogens is 356 g/mol. The second-order valence-electron chi connectivity index (χ2n) is 5.10. The Bertz CT molecular complexity index is 1010. The highest BCUT2D eigenvalue weighted by molar-refractivity contribution is 5.91. The van der Waals surface area contributed by atoms with Crippen LogP contribution >= 0.6 is 0 Å². The molecule has 0 fully saturated rings. The van der Waals surface area contributed by atoms with E-state index in [1.165, 1.54) is 6.07 Å². The van der Waals surface area contributed by atoms with Crippen LogP contribution in [0.25, 0.3) is 11.0 Å². The number of alkyl halides is 3. The zero-order valence-electron chi connectivity index (χ0n) is 13.2. The minimum Gasteiger partial charge on any atom is -0.490 e. The standard InChI is InChI=1S/C17H10F4N2O3/c1-2-24-13-8-25-15-12(7-23-16(14(13)15)17(19,20)21)26-11-4-9(6-22)3-10(18)5-11/h3-5,7-8H,2H2,1H3. The topological polar surface area (TPSA) is 68.3 Å². The summed E-state index contributed by atoms with van der Waals surface area (Å²) >= 11 is 0. The molecule has 0 aliphatic carbocycles. The third-order valence-corrected chi connectivity index (χ3v) is 3.33. The van der Waals surface area contributed by atoms with Gasteiger partial charge in [0.2, 0.25) is 0 Å². The molecule has 0 saturated heterocycles. The summed E-state index contributed by atoms with van der Waals surface area (Å²) in [5, 5.41) is 8.47. The van der Waals surface area contributed by atoms with Crippen LogP contribution in [0.3, 0.4) is 0 Å². The molecule has 0 N–H and O–H groups in total. The number of hydrogen-bond donors (Lipinski definition) is 0. The first kappa shape index (κ1) is 17.5. The van der Waals surface area contributed by atoms with Crippen molar-refractivity contribution in [3.63, 3.8) is 0 Å². The molecule has 0 saturated carbocycles. The van der Waals surface area contributed by atoms with Gasteiger partial charge in [0.1, 0.15) is 17.8 Å². The monoisotopic (exact) mass is 366 g/mol. The lowest BCUT2D eigenvalue weighted by atomic mass is 10.2. The third-order valence-electron chi connectivity index (χ3n) is 3.33. The zero-order chi connectivity index (χ0) is 18.9. The molecule has 5 nitrogen and oxygen atoms in total. The molecule has 0 atom stereocenters. The fraction of sp³-hybridized carbons (Fsp3) is 0.176. The van der Waals surface area contributed by atoms with Crippen molar-refractivity contribution < 1.29 is 31.5 Å². The van der Waals surface area contributed by atoms with Crippen LogP contribution in [0.5, 0.6) is 17.2 Å². The van der Waals surface area contributed by atoms with Crippen LogP contribution in [-0.2, 0) is 6.18 Å². The number of ether oxygens (including phenoxy) is 2. The van der Waals surface area contributed by atoms with Crippen LogP contribution in [0, 0.1) is 17.1 Å². The fourth-order valence-electron chi connectivity index (χ4n) is 2.36. The summed E-state index contributed by atoms with van der Waals surface area (Å²) < 4.78 is 69.0. The van der Waals surface area contributed by atoms with E-state index in [0.717, 1.165) is 24.6 Å². The molecule has 0 unspecified atom stereocenters. The van der Waals surface area contributed by atoms with E-state index in [0.29, 0.717) is 0 Å². The number of furan rings is 1. The number of nitrogens with zero attached hydrogens (tertiary/aromatic N) is 2. The van der Waals surface area contributed by atoms with E-state index in [2.05, 4.69) is 4.98 Å². The number of fused-ring (bicyclic) bond motifs is 1. The maximum atomic E-state index is 13.5. The predicted molar refractivity (Wildman–Crippen MR) is 81.4 cm³/mol. The smallest absolute Gasteiger partial charge is 0.434 e. The summed E-state index contributed by atoms with van der Waals surface area (Å²) in [7, 11) is 0. The van der Waals surface area contributed by atoms with Crippen molar-refractivity contribution >= 4 is 11.0 Å². The molecule has 2 aromatic heterocycles. The summed E-state index contributed by atoms with van der Waals surface area (Å²) in [6.07, 6.45) is -2.90. The van der Waals surface area contributed by atoms with Crippen molar-refractivity contribution in [1.29, 1.82) is 5.26 Å². The summed E-state index contributed by atoms with van der Waals surface area (Å²) in [4.78, 5) is 3.41. The van der Waals surface area contributed by atoms with E-state index < -0.39 is 23.1 Å². The Morgan fingerprint density at radius 2 is 2.00 bits per heavy atom. The number of pyridine rings is 1. The number of hydrogen-bond acceptors (Lipinski definition) is 5. The summed E-state index contributed by atoms with van der Waals surface area (Å²) in [5.41, 5.74) is -1.45. The summed E-state index contributed by atoms with van der Waals surface area (Å²) in [5.74, 6) is -1.12. The third kappa shape index (κ3) is 3.26. The minimum atomic E-state index is -4.74. The van der Waals surface area contributed by atoms with Gasteiger partial charge in [0.15, 0.2) is 22.8 Å². The molecule has 1 aromatic carbocycles. The van der Waals surface area contributed by atoms with E-state index in [9.17, 15) is 17.6 Å². The Balaban J connectivity index is 2.14. The van der Waals surface area contributed by atoms with Gasteiger partial charge in [-0.05, 0) is 19.1 Å². The van der Waals surface area contributed by atoms with Crippen molar-refractivity contribution in [2.75, 3.05) is 6.61 Å². The van der Waals surface area contributed by atoms with Crippen molar-refractivity contribution in [3.05, 3.63) is 47.7 Å². The Labute approximate surface area is 144 Å². The first-order valence-corrected chi connectivity index (χ1v) is 7.32. The van der Waals surface area contributed by atoms with Crippen molar-refractivity contribution in [1.82, 2.24) is 4.98 Å². The van der Waals surface area contributed by atoms with Gasteiger partial charge in [0, 0.05) is 6.07 Å². The van der Waals surface area contributed by atoms with Crippen LogP contribution < -0.4 is 9.47 Å². The van der Waals surface area contributed by atoms with Gasteiger partial charge in [-0.15, -0.1) is 0 Å². The van der Waals surface area contributed by atoms with Gasteiger partial charge in [-0.1, -0.05) is 0 Å². The van der Waals surface area contributed by atoms with E-state index in [4.69, 9.17) is 19.2 Å². The molecule has 0 aliphatic rings. The second-order valence-corrected chi connectivity index (χ2v) is 5.10. The first-order chi connectivity index (χ1) is 12.3. The second kappa shape index (κ2) is 6.55. The Hall–Kier alpha value is -3.28. The molecule has 0 aliphatic heterocycles. The molecule has 3 aromatic rings. The lowest BCUT2D eigenvalue weighted by molar-refractivity contribution is -0.139. The van der Waals surface area contributed by atoms with Crippen molar-refractivity contribution in [2.24, 2.45) is 0 Å². The van der Waals surface area contributed by atoms with E-state index in [-0.39, 0.29) is 35.0 Å². The highest BCUT2D eigenvalue weighted by atomic mass is 19.4. The molecule has 0 radical (unpaired) electrons. The Morgan fingerprint density at radius 3 is 2.65 bits per heavy atom. The number of benzene rings is 1. The minimum absolute atomic E-state index is 0.00874. The van der Waals surface area contributed by atoms with Crippen LogP contribution in [0.4, 0.5) is 17.6 Å². The average molecular weight is 366 g/mol.